The second-order valence-corrected chi connectivity index (χ2v) is 5.75. The molecule has 126 valence electrons. The molecule has 0 saturated heterocycles. The third-order valence-electron chi connectivity index (χ3n) is 4.17. The molecule has 0 radical (unpaired) electrons. The summed E-state index contributed by atoms with van der Waals surface area (Å²) in [6, 6.07) is 11.3. The molecule has 1 aromatic carbocycles. The summed E-state index contributed by atoms with van der Waals surface area (Å²) >= 11 is 0. The Kier molecular flexibility index (Phi) is 3.57. The van der Waals surface area contributed by atoms with E-state index in [1.54, 1.807) is 10.9 Å². The molecule has 0 aliphatic heterocycles. The van der Waals surface area contributed by atoms with Crippen LogP contribution in [0.3, 0.4) is 0 Å². The van der Waals surface area contributed by atoms with Gasteiger partial charge in [0.15, 0.2) is 11.6 Å². The van der Waals surface area contributed by atoms with Crippen LogP contribution in [-0.4, -0.2) is 29.7 Å². The highest BCUT2D eigenvalue weighted by Gasteiger charge is 2.16. The first-order chi connectivity index (χ1) is 12.1. The summed E-state index contributed by atoms with van der Waals surface area (Å²) < 4.78 is 8.71. The highest BCUT2D eigenvalue weighted by Crippen LogP contribution is 2.23. The fourth-order valence-electron chi connectivity index (χ4n) is 2.69. The van der Waals surface area contributed by atoms with Crippen molar-refractivity contribution in [1.29, 1.82) is 0 Å². The van der Waals surface area contributed by atoms with Crippen LogP contribution < -0.4 is 5.69 Å². The number of aromatic amines is 1. The summed E-state index contributed by atoms with van der Waals surface area (Å²) in [5, 5.41) is 14.9. The lowest BCUT2D eigenvalue weighted by molar-refractivity contribution is 0.377. The van der Waals surface area contributed by atoms with Crippen LogP contribution in [0.2, 0.25) is 0 Å². The van der Waals surface area contributed by atoms with Crippen molar-refractivity contribution in [3.8, 4) is 22.6 Å². The Morgan fingerprint density at radius 2 is 2.04 bits per heavy atom. The molecular formula is C17H16N6O2. The van der Waals surface area contributed by atoms with Crippen molar-refractivity contribution < 1.29 is 4.52 Å². The Morgan fingerprint density at radius 1 is 1.24 bits per heavy atom. The molecule has 3 heterocycles. The van der Waals surface area contributed by atoms with Crippen molar-refractivity contribution >= 4 is 0 Å². The van der Waals surface area contributed by atoms with E-state index in [4.69, 9.17) is 4.52 Å². The van der Waals surface area contributed by atoms with Gasteiger partial charge in [0.05, 0.1) is 12.7 Å². The Hall–Kier alpha value is -3.42. The first-order valence-corrected chi connectivity index (χ1v) is 7.78. The fourth-order valence-corrected chi connectivity index (χ4v) is 2.69. The summed E-state index contributed by atoms with van der Waals surface area (Å²) in [5.41, 5.74) is 3.14. The number of aryl methyl sites for hydroxylation is 1. The van der Waals surface area contributed by atoms with E-state index >= 15 is 0 Å². The molecule has 8 nitrogen and oxygen atoms in total. The summed E-state index contributed by atoms with van der Waals surface area (Å²) in [5.74, 6) is 1.13. The number of rotatable bonds is 4. The van der Waals surface area contributed by atoms with Crippen molar-refractivity contribution in [3.63, 3.8) is 0 Å². The first kappa shape index (κ1) is 15.1. The fraction of sp³-hybridized carbons (Fsp3) is 0.176. The predicted octanol–water partition coefficient (Wildman–Crippen LogP) is 1.98. The molecule has 0 aliphatic rings. The molecule has 4 rings (SSSR count). The summed E-state index contributed by atoms with van der Waals surface area (Å²) in [6.07, 6.45) is 1.75. The lowest BCUT2D eigenvalue weighted by Gasteiger charge is -2.02. The number of hydrogen-bond donors (Lipinski definition) is 1. The third-order valence-corrected chi connectivity index (χ3v) is 4.17. The Balaban J connectivity index is 1.67. The van der Waals surface area contributed by atoms with Gasteiger partial charge in [0, 0.05) is 29.9 Å². The maximum absolute atomic E-state index is 12.1. The van der Waals surface area contributed by atoms with Crippen molar-refractivity contribution in [1.82, 2.24) is 29.7 Å². The Morgan fingerprint density at radius 3 is 2.76 bits per heavy atom. The van der Waals surface area contributed by atoms with Gasteiger partial charge >= 0.3 is 5.69 Å². The molecule has 1 N–H and O–H groups in total. The number of hydrogen-bond acceptors (Lipinski definition) is 5. The number of H-pyrrole nitrogens is 1. The van der Waals surface area contributed by atoms with Gasteiger partial charge in [-0.1, -0.05) is 35.5 Å². The van der Waals surface area contributed by atoms with E-state index in [9.17, 15) is 4.79 Å². The maximum atomic E-state index is 12.1. The molecule has 8 heteroatoms. The average molecular weight is 336 g/mol. The highest BCUT2D eigenvalue weighted by molar-refractivity contribution is 5.60. The van der Waals surface area contributed by atoms with E-state index in [0.717, 1.165) is 16.8 Å². The second-order valence-electron chi connectivity index (χ2n) is 5.75. The zero-order chi connectivity index (χ0) is 17.4. The van der Waals surface area contributed by atoms with E-state index in [1.807, 2.05) is 50.4 Å². The van der Waals surface area contributed by atoms with Gasteiger partial charge in [-0.15, -0.1) is 0 Å². The van der Waals surface area contributed by atoms with Gasteiger partial charge in [-0.25, -0.2) is 9.89 Å². The van der Waals surface area contributed by atoms with Crippen molar-refractivity contribution in [3.05, 3.63) is 64.5 Å². The van der Waals surface area contributed by atoms with Gasteiger partial charge in [0.25, 0.3) is 0 Å². The largest absolute Gasteiger partial charge is 0.359 e. The Labute approximate surface area is 142 Å². The zero-order valence-electron chi connectivity index (χ0n) is 13.8. The normalized spacial score (nSPS) is 11.1. The minimum absolute atomic E-state index is 0.242. The van der Waals surface area contributed by atoms with Gasteiger partial charge in [-0.2, -0.15) is 10.2 Å². The molecule has 0 fully saturated rings. The minimum Gasteiger partial charge on any atom is -0.359 e. The number of aromatic nitrogens is 6. The smallest absolute Gasteiger partial charge is 0.344 e. The molecule has 0 unspecified atom stereocenters. The van der Waals surface area contributed by atoms with Crippen LogP contribution in [0.5, 0.6) is 0 Å². The van der Waals surface area contributed by atoms with Gasteiger partial charge in [0.1, 0.15) is 5.69 Å². The van der Waals surface area contributed by atoms with Crippen LogP contribution in [0, 0.1) is 6.92 Å². The molecular weight excluding hydrogens is 320 g/mol. The maximum Gasteiger partial charge on any atom is 0.344 e. The average Bonchev–Trinajstić information content (AvgIpc) is 3.31. The number of nitrogens with one attached hydrogen (secondary N) is 1. The lowest BCUT2D eigenvalue weighted by Crippen LogP contribution is -2.18. The number of benzene rings is 1. The van der Waals surface area contributed by atoms with E-state index in [1.165, 1.54) is 4.57 Å². The second kappa shape index (κ2) is 5.90. The van der Waals surface area contributed by atoms with Crippen LogP contribution in [0.15, 0.2) is 51.9 Å². The van der Waals surface area contributed by atoms with E-state index in [2.05, 4.69) is 20.5 Å². The SMILES string of the molecule is Cc1c(-c2cc(Cn3c(-c4ccccc4)n[nH]c3=O)on2)cnn1C. The van der Waals surface area contributed by atoms with Gasteiger partial charge in [-0.05, 0) is 6.92 Å². The molecule has 0 aliphatic carbocycles. The minimum atomic E-state index is -0.297. The molecule has 0 saturated carbocycles. The van der Waals surface area contributed by atoms with Gasteiger partial charge in [-0.3, -0.25) is 9.25 Å². The molecule has 0 bridgehead atoms. The number of nitrogens with zero attached hydrogens (tertiary/aromatic N) is 5. The lowest BCUT2D eigenvalue weighted by atomic mass is 10.2. The van der Waals surface area contributed by atoms with Crippen LogP contribution in [0.4, 0.5) is 0 Å². The summed E-state index contributed by atoms with van der Waals surface area (Å²) in [7, 11) is 1.87. The first-order valence-electron chi connectivity index (χ1n) is 7.78. The van der Waals surface area contributed by atoms with Crippen LogP contribution >= 0.6 is 0 Å². The summed E-state index contributed by atoms with van der Waals surface area (Å²) in [6.45, 7) is 2.20. The van der Waals surface area contributed by atoms with E-state index in [0.29, 0.717) is 17.3 Å². The Bertz CT molecular complexity index is 1070. The molecule has 25 heavy (non-hydrogen) atoms. The molecule has 3 aromatic heterocycles. The van der Waals surface area contributed by atoms with Crippen LogP contribution in [-0.2, 0) is 13.6 Å². The van der Waals surface area contributed by atoms with Gasteiger partial charge < -0.3 is 4.52 Å². The highest BCUT2D eigenvalue weighted by atomic mass is 16.5. The van der Waals surface area contributed by atoms with E-state index < -0.39 is 0 Å². The van der Waals surface area contributed by atoms with Crippen molar-refractivity contribution in [2.75, 3.05) is 0 Å². The van der Waals surface area contributed by atoms with Crippen molar-refractivity contribution in [2.24, 2.45) is 7.05 Å². The van der Waals surface area contributed by atoms with Crippen molar-refractivity contribution in [2.45, 2.75) is 13.5 Å². The zero-order valence-corrected chi connectivity index (χ0v) is 13.8. The molecule has 0 atom stereocenters. The summed E-state index contributed by atoms with van der Waals surface area (Å²) in [4.78, 5) is 12.1. The topological polar surface area (TPSA) is 94.5 Å². The monoisotopic (exact) mass is 336 g/mol. The molecule has 4 aromatic rings. The molecule has 0 amide bonds. The van der Waals surface area contributed by atoms with Crippen LogP contribution in [0.25, 0.3) is 22.6 Å². The van der Waals surface area contributed by atoms with E-state index in [-0.39, 0.29) is 12.2 Å². The van der Waals surface area contributed by atoms with Crippen LogP contribution in [0.1, 0.15) is 11.5 Å². The predicted molar refractivity (Wildman–Crippen MR) is 90.8 cm³/mol. The quantitative estimate of drug-likeness (QED) is 0.615. The standard InChI is InChI=1S/C17H16N6O2/c1-11-14(9-18-22(11)2)15-8-13(25-21-15)10-23-16(19-20-17(23)24)12-6-4-3-5-7-12/h3-9H,10H2,1-2H3,(H,20,24). The van der Waals surface area contributed by atoms with Gasteiger partial charge in [0.2, 0.25) is 0 Å². The molecule has 0 spiro atoms. The third kappa shape index (κ3) is 2.67.